The lowest BCUT2D eigenvalue weighted by Crippen LogP contribution is -2.07. The fourth-order valence-electron chi connectivity index (χ4n) is 1.62. The molecule has 1 aromatic carbocycles. The molecular weight excluding hydrogens is 238 g/mol. The Morgan fingerprint density at radius 3 is 2.59 bits per heavy atom. The van der Waals surface area contributed by atoms with Crippen molar-refractivity contribution in [3.05, 3.63) is 52.7 Å². The van der Waals surface area contributed by atoms with E-state index in [0.717, 1.165) is 0 Å². The summed E-state index contributed by atoms with van der Waals surface area (Å²) in [4.78, 5) is 3.92. The van der Waals surface area contributed by atoms with Crippen LogP contribution in [0.1, 0.15) is 17.2 Å². The lowest BCUT2D eigenvalue weighted by molar-refractivity contribution is 0.221. The summed E-state index contributed by atoms with van der Waals surface area (Å²) in [6.07, 6.45) is 0.664. The molecule has 0 amide bonds. The molecule has 0 saturated carbocycles. The Labute approximate surface area is 104 Å². The lowest BCUT2D eigenvalue weighted by atomic mass is 10.0. The molecule has 1 atom stereocenters. The van der Waals surface area contributed by atoms with Gasteiger partial charge in [0, 0.05) is 28.0 Å². The molecule has 2 aromatic rings. The number of hydrogen-bond donors (Lipinski definition) is 3. The molecule has 17 heavy (non-hydrogen) atoms. The van der Waals surface area contributed by atoms with Crippen molar-refractivity contribution in [3.8, 4) is 0 Å². The Hall–Kier alpha value is -1.78. The molecule has 0 bridgehead atoms. The Balaban J connectivity index is 2.44. The molecule has 0 spiro atoms. The third kappa shape index (κ3) is 2.33. The Morgan fingerprint density at radius 1 is 1.18 bits per heavy atom. The summed E-state index contributed by atoms with van der Waals surface area (Å²) in [5.41, 5.74) is 13.0. The van der Waals surface area contributed by atoms with Gasteiger partial charge in [0.05, 0.1) is 0 Å². The second-order valence-electron chi connectivity index (χ2n) is 3.65. The van der Waals surface area contributed by atoms with E-state index in [1.807, 2.05) is 0 Å². The number of benzene rings is 1. The third-order valence-corrected chi connectivity index (χ3v) is 2.74. The summed E-state index contributed by atoms with van der Waals surface area (Å²) in [5.74, 6) is 0.286. The number of hydrogen-bond acceptors (Lipinski definition) is 4. The molecule has 0 radical (unpaired) electrons. The number of nitrogen functional groups attached to an aromatic ring is 2. The minimum atomic E-state index is -0.902. The van der Waals surface area contributed by atoms with Crippen LogP contribution in [-0.4, -0.2) is 10.1 Å². The van der Waals surface area contributed by atoms with E-state index in [1.165, 1.54) is 0 Å². The van der Waals surface area contributed by atoms with Gasteiger partial charge in [0.2, 0.25) is 0 Å². The van der Waals surface area contributed by atoms with Crippen LogP contribution in [-0.2, 0) is 0 Å². The van der Waals surface area contributed by atoms with E-state index in [1.54, 1.807) is 36.5 Å². The highest BCUT2D eigenvalue weighted by atomic mass is 35.5. The number of nitrogens with zero attached hydrogens (tertiary/aromatic N) is 1. The van der Waals surface area contributed by atoms with Gasteiger partial charge in [-0.3, -0.25) is 0 Å². The van der Waals surface area contributed by atoms with Crippen LogP contribution < -0.4 is 11.5 Å². The zero-order chi connectivity index (χ0) is 12.4. The van der Waals surface area contributed by atoms with Gasteiger partial charge < -0.3 is 16.6 Å². The maximum atomic E-state index is 10.2. The van der Waals surface area contributed by atoms with Crippen molar-refractivity contribution in [2.75, 3.05) is 11.5 Å². The molecule has 0 aliphatic heterocycles. The molecule has 0 fully saturated rings. The van der Waals surface area contributed by atoms with E-state index >= 15 is 0 Å². The van der Waals surface area contributed by atoms with E-state index in [4.69, 9.17) is 23.1 Å². The fourth-order valence-corrected chi connectivity index (χ4v) is 1.80. The van der Waals surface area contributed by atoms with Gasteiger partial charge in [-0.1, -0.05) is 23.7 Å². The van der Waals surface area contributed by atoms with Gasteiger partial charge >= 0.3 is 0 Å². The molecule has 0 saturated heterocycles. The summed E-state index contributed by atoms with van der Waals surface area (Å²) in [6.45, 7) is 0. The highest BCUT2D eigenvalue weighted by Crippen LogP contribution is 2.30. The van der Waals surface area contributed by atoms with Gasteiger partial charge in [0.1, 0.15) is 11.9 Å². The standard InChI is InChI=1S/C12H12ClN3O/c13-7-3-4-8(10(14)6-7)11(17)9-2-1-5-16-12(9)15/h1-6,11,17H,14H2,(H2,15,16). The number of nitrogens with two attached hydrogens (primary N) is 2. The van der Waals surface area contributed by atoms with Crippen molar-refractivity contribution in [2.45, 2.75) is 6.10 Å². The maximum absolute atomic E-state index is 10.2. The van der Waals surface area contributed by atoms with Gasteiger partial charge in [0.25, 0.3) is 0 Å². The second-order valence-corrected chi connectivity index (χ2v) is 4.09. The number of aromatic nitrogens is 1. The second kappa shape index (κ2) is 4.61. The molecule has 1 unspecified atom stereocenters. The van der Waals surface area contributed by atoms with Gasteiger partial charge in [-0.2, -0.15) is 0 Å². The van der Waals surface area contributed by atoms with E-state index in [0.29, 0.717) is 21.8 Å². The molecule has 0 aliphatic rings. The van der Waals surface area contributed by atoms with Crippen molar-refractivity contribution >= 4 is 23.1 Å². The smallest absolute Gasteiger partial charge is 0.129 e. The largest absolute Gasteiger partial charge is 0.398 e. The van der Waals surface area contributed by atoms with Crippen molar-refractivity contribution in [1.29, 1.82) is 0 Å². The van der Waals surface area contributed by atoms with E-state index in [2.05, 4.69) is 4.98 Å². The highest BCUT2D eigenvalue weighted by Gasteiger charge is 2.16. The van der Waals surface area contributed by atoms with Crippen LogP contribution >= 0.6 is 11.6 Å². The summed E-state index contributed by atoms with van der Waals surface area (Å²) >= 11 is 5.80. The predicted octanol–water partition coefficient (Wildman–Crippen LogP) is 1.98. The van der Waals surface area contributed by atoms with Gasteiger partial charge in [-0.25, -0.2) is 4.98 Å². The number of rotatable bonds is 2. The van der Waals surface area contributed by atoms with Crippen molar-refractivity contribution < 1.29 is 5.11 Å². The first-order chi connectivity index (χ1) is 8.09. The first-order valence-electron chi connectivity index (χ1n) is 5.03. The SMILES string of the molecule is Nc1cc(Cl)ccc1C(O)c1cccnc1N. The fraction of sp³-hybridized carbons (Fsp3) is 0.0833. The average Bonchev–Trinajstić information content (AvgIpc) is 2.29. The van der Waals surface area contributed by atoms with Crippen LogP contribution in [0.15, 0.2) is 36.5 Å². The first kappa shape index (κ1) is 11.7. The van der Waals surface area contributed by atoms with Crippen molar-refractivity contribution in [2.24, 2.45) is 0 Å². The predicted molar refractivity (Wildman–Crippen MR) is 68.6 cm³/mol. The van der Waals surface area contributed by atoms with E-state index in [-0.39, 0.29) is 5.82 Å². The number of aliphatic hydroxyl groups excluding tert-OH is 1. The third-order valence-electron chi connectivity index (χ3n) is 2.51. The van der Waals surface area contributed by atoms with Crippen LogP contribution in [0.4, 0.5) is 11.5 Å². The van der Waals surface area contributed by atoms with Crippen LogP contribution in [0.3, 0.4) is 0 Å². The van der Waals surface area contributed by atoms with Gasteiger partial charge in [0.15, 0.2) is 0 Å². The van der Waals surface area contributed by atoms with Crippen molar-refractivity contribution in [3.63, 3.8) is 0 Å². The molecule has 5 N–H and O–H groups in total. The van der Waals surface area contributed by atoms with Gasteiger partial charge in [-0.15, -0.1) is 0 Å². The normalized spacial score (nSPS) is 12.4. The highest BCUT2D eigenvalue weighted by molar-refractivity contribution is 6.30. The Bertz CT molecular complexity index is 545. The van der Waals surface area contributed by atoms with Crippen molar-refractivity contribution in [1.82, 2.24) is 4.98 Å². The molecular formula is C12H12ClN3O. The Morgan fingerprint density at radius 2 is 1.94 bits per heavy atom. The number of pyridine rings is 1. The molecule has 1 aromatic heterocycles. The topological polar surface area (TPSA) is 85.2 Å². The van der Waals surface area contributed by atoms with Crippen LogP contribution in [0, 0.1) is 0 Å². The first-order valence-corrected chi connectivity index (χ1v) is 5.41. The van der Waals surface area contributed by atoms with Crippen LogP contribution in [0.25, 0.3) is 0 Å². The van der Waals surface area contributed by atoms with Gasteiger partial charge in [-0.05, 0) is 18.2 Å². The Kier molecular flexibility index (Phi) is 3.17. The summed E-state index contributed by atoms with van der Waals surface area (Å²) < 4.78 is 0. The zero-order valence-corrected chi connectivity index (χ0v) is 9.72. The van der Waals surface area contributed by atoms with Crippen LogP contribution in [0.5, 0.6) is 0 Å². The minimum absolute atomic E-state index is 0.286. The summed E-state index contributed by atoms with van der Waals surface area (Å²) in [6, 6.07) is 8.35. The zero-order valence-electron chi connectivity index (χ0n) is 8.97. The van der Waals surface area contributed by atoms with E-state index < -0.39 is 6.10 Å². The molecule has 0 aliphatic carbocycles. The quantitative estimate of drug-likeness (QED) is 0.711. The lowest BCUT2D eigenvalue weighted by Gasteiger charge is -2.15. The minimum Gasteiger partial charge on any atom is -0.398 e. The maximum Gasteiger partial charge on any atom is 0.129 e. The average molecular weight is 250 g/mol. The molecule has 4 nitrogen and oxygen atoms in total. The summed E-state index contributed by atoms with van der Waals surface area (Å²) in [7, 11) is 0. The van der Waals surface area contributed by atoms with E-state index in [9.17, 15) is 5.11 Å². The molecule has 1 heterocycles. The molecule has 88 valence electrons. The molecule has 2 rings (SSSR count). The number of aliphatic hydroxyl groups is 1. The number of halogens is 1. The van der Waals surface area contributed by atoms with Crippen LogP contribution in [0.2, 0.25) is 5.02 Å². The summed E-state index contributed by atoms with van der Waals surface area (Å²) in [5, 5.41) is 10.7. The molecule has 5 heteroatoms. The number of anilines is 2. The monoisotopic (exact) mass is 249 g/mol.